The van der Waals surface area contributed by atoms with Crippen LogP contribution in [0.3, 0.4) is 0 Å². The van der Waals surface area contributed by atoms with Crippen LogP contribution in [0.5, 0.6) is 11.5 Å². The molecule has 6 nitrogen and oxygen atoms in total. The van der Waals surface area contributed by atoms with Crippen molar-refractivity contribution in [2.24, 2.45) is 0 Å². The number of benzene rings is 3. The molecule has 2 amide bonds. The molecule has 0 saturated heterocycles. The fourth-order valence-electron chi connectivity index (χ4n) is 3.67. The van der Waals surface area contributed by atoms with Crippen molar-refractivity contribution < 1.29 is 23.5 Å². The van der Waals surface area contributed by atoms with Gasteiger partial charge >= 0.3 is 0 Å². The van der Waals surface area contributed by atoms with Gasteiger partial charge in [0.25, 0.3) is 11.8 Å². The number of hydrogen-bond donors (Lipinski definition) is 1. The van der Waals surface area contributed by atoms with E-state index < -0.39 is 6.10 Å². The number of nitrogens with one attached hydrogen (secondary N) is 1. The molecule has 1 N–H and O–H groups in total. The van der Waals surface area contributed by atoms with Gasteiger partial charge in [0.15, 0.2) is 6.10 Å². The third-order valence-electron chi connectivity index (χ3n) is 5.31. The van der Waals surface area contributed by atoms with Crippen molar-refractivity contribution in [3.63, 3.8) is 0 Å². The van der Waals surface area contributed by atoms with Gasteiger partial charge in [-0.2, -0.15) is 0 Å². The lowest BCUT2D eigenvalue weighted by Gasteiger charge is -2.22. The Kier molecular flexibility index (Phi) is 6.07. The Morgan fingerprint density at radius 3 is 2.69 bits per heavy atom. The molecule has 0 saturated carbocycles. The number of carbonyl (C=O) groups is 2. The van der Waals surface area contributed by atoms with Gasteiger partial charge in [-0.05, 0) is 43.3 Å². The van der Waals surface area contributed by atoms with E-state index in [1.165, 1.54) is 13.2 Å². The number of para-hydroxylation sites is 1. The Labute approximate surface area is 185 Å². The zero-order valence-corrected chi connectivity index (χ0v) is 17.8. The molecule has 32 heavy (non-hydrogen) atoms. The minimum atomic E-state index is -0.711. The molecule has 1 aliphatic rings. The summed E-state index contributed by atoms with van der Waals surface area (Å²) >= 11 is 0. The number of rotatable bonds is 5. The van der Waals surface area contributed by atoms with E-state index >= 15 is 0 Å². The van der Waals surface area contributed by atoms with E-state index in [0.29, 0.717) is 28.3 Å². The first-order valence-electron chi connectivity index (χ1n) is 10.2. The van der Waals surface area contributed by atoms with Crippen LogP contribution < -0.4 is 14.8 Å². The van der Waals surface area contributed by atoms with Crippen molar-refractivity contribution in [2.75, 3.05) is 12.4 Å². The average molecular weight is 434 g/mol. The lowest BCUT2D eigenvalue weighted by atomic mass is 10.1. The first-order chi connectivity index (χ1) is 15.5. The molecule has 0 aliphatic carbocycles. The van der Waals surface area contributed by atoms with Gasteiger partial charge in [0.05, 0.1) is 12.7 Å². The number of hydrogen-bond acceptors (Lipinski definition) is 4. The molecule has 1 unspecified atom stereocenters. The number of nitrogens with zero attached hydrogens (tertiary/aromatic N) is 1. The minimum Gasteiger partial charge on any atom is -0.496 e. The van der Waals surface area contributed by atoms with E-state index in [1.807, 2.05) is 0 Å². The van der Waals surface area contributed by atoms with Crippen LogP contribution >= 0.6 is 0 Å². The summed E-state index contributed by atoms with van der Waals surface area (Å²) in [5.74, 6) is 0.112. The summed E-state index contributed by atoms with van der Waals surface area (Å²) in [6.07, 6.45) is -0.711. The smallest absolute Gasteiger partial charge is 0.263 e. The van der Waals surface area contributed by atoms with Gasteiger partial charge in [0.2, 0.25) is 0 Å². The number of ether oxygens (including phenoxy) is 2. The lowest BCUT2D eigenvalue weighted by Crippen LogP contribution is -2.37. The largest absolute Gasteiger partial charge is 0.496 e. The first-order valence-corrected chi connectivity index (χ1v) is 10.2. The van der Waals surface area contributed by atoms with Crippen LogP contribution in [0.2, 0.25) is 0 Å². The molecular weight excluding hydrogens is 411 g/mol. The lowest BCUT2D eigenvalue weighted by molar-refractivity contribution is -0.138. The van der Waals surface area contributed by atoms with Crippen molar-refractivity contribution in [1.29, 1.82) is 0 Å². The molecule has 4 rings (SSSR count). The van der Waals surface area contributed by atoms with Gasteiger partial charge in [0.1, 0.15) is 17.3 Å². The molecule has 1 aliphatic heterocycles. The maximum Gasteiger partial charge on any atom is 0.263 e. The van der Waals surface area contributed by atoms with Gasteiger partial charge in [-0.25, -0.2) is 4.39 Å². The third-order valence-corrected chi connectivity index (χ3v) is 5.31. The molecule has 3 aromatic rings. The van der Waals surface area contributed by atoms with Crippen molar-refractivity contribution in [1.82, 2.24) is 4.90 Å². The maximum atomic E-state index is 14.2. The van der Waals surface area contributed by atoms with Crippen LogP contribution in [-0.2, 0) is 17.9 Å². The molecule has 0 aromatic heterocycles. The van der Waals surface area contributed by atoms with Crippen LogP contribution in [0.4, 0.5) is 10.1 Å². The standard InChI is InChI=1S/C25H23FN2O4/c1-16-25(30)28(14-17-7-3-5-9-21(17)26)15-18-13-19(11-12-22(18)32-16)27-24(29)20-8-4-6-10-23(20)31-2/h3-13,16H,14-15H2,1-2H3,(H,27,29). The van der Waals surface area contributed by atoms with Crippen LogP contribution in [0.15, 0.2) is 66.7 Å². The molecular formula is C25H23FN2O4. The van der Waals surface area contributed by atoms with E-state index in [-0.39, 0.29) is 30.7 Å². The highest BCUT2D eigenvalue weighted by atomic mass is 19.1. The van der Waals surface area contributed by atoms with E-state index in [4.69, 9.17) is 9.47 Å². The van der Waals surface area contributed by atoms with Gasteiger partial charge in [-0.3, -0.25) is 9.59 Å². The molecule has 0 radical (unpaired) electrons. The summed E-state index contributed by atoms with van der Waals surface area (Å²) in [5, 5.41) is 2.86. The zero-order valence-electron chi connectivity index (χ0n) is 17.8. The van der Waals surface area contributed by atoms with Gasteiger partial charge in [-0.15, -0.1) is 0 Å². The summed E-state index contributed by atoms with van der Waals surface area (Å²) in [6, 6.07) is 18.5. The van der Waals surface area contributed by atoms with Gasteiger partial charge in [-0.1, -0.05) is 30.3 Å². The van der Waals surface area contributed by atoms with Crippen molar-refractivity contribution in [2.45, 2.75) is 26.1 Å². The third kappa shape index (κ3) is 4.42. The van der Waals surface area contributed by atoms with Crippen LogP contribution in [0.1, 0.15) is 28.4 Å². The Morgan fingerprint density at radius 1 is 1.16 bits per heavy atom. The molecule has 164 valence electrons. The molecule has 3 aromatic carbocycles. The van der Waals surface area contributed by atoms with Crippen molar-refractivity contribution in [3.8, 4) is 11.5 Å². The number of methoxy groups -OCH3 is 1. The molecule has 0 fully saturated rings. The van der Waals surface area contributed by atoms with Gasteiger partial charge in [0, 0.05) is 29.9 Å². The Bertz CT molecular complexity index is 1160. The van der Waals surface area contributed by atoms with E-state index in [0.717, 1.165) is 5.56 Å². The summed E-state index contributed by atoms with van der Waals surface area (Å²) in [5.41, 5.74) is 2.11. The number of anilines is 1. The van der Waals surface area contributed by atoms with Crippen molar-refractivity contribution in [3.05, 3.63) is 89.2 Å². The van der Waals surface area contributed by atoms with E-state index in [9.17, 15) is 14.0 Å². The number of amides is 2. The van der Waals surface area contributed by atoms with Crippen molar-refractivity contribution >= 4 is 17.5 Å². The summed E-state index contributed by atoms with van der Waals surface area (Å²) in [4.78, 5) is 27.1. The molecule has 0 spiro atoms. The van der Waals surface area contributed by atoms with Crippen LogP contribution in [0, 0.1) is 5.82 Å². The molecule has 0 bridgehead atoms. The SMILES string of the molecule is COc1ccccc1C(=O)Nc1ccc2c(c1)CN(Cc1ccccc1F)C(=O)C(C)O2. The average Bonchev–Trinajstić information content (AvgIpc) is 2.91. The fourth-order valence-corrected chi connectivity index (χ4v) is 3.67. The topological polar surface area (TPSA) is 67.9 Å². The molecule has 1 heterocycles. The second-order valence-electron chi connectivity index (χ2n) is 7.52. The summed E-state index contributed by atoms with van der Waals surface area (Å²) in [7, 11) is 1.51. The second kappa shape index (κ2) is 9.09. The van der Waals surface area contributed by atoms with E-state index in [1.54, 1.807) is 72.5 Å². The van der Waals surface area contributed by atoms with Crippen LogP contribution in [0.25, 0.3) is 0 Å². The summed E-state index contributed by atoms with van der Waals surface area (Å²) < 4.78 is 25.3. The normalized spacial score (nSPS) is 15.4. The van der Waals surface area contributed by atoms with Gasteiger partial charge < -0.3 is 19.7 Å². The number of fused-ring (bicyclic) bond motifs is 1. The monoisotopic (exact) mass is 434 g/mol. The molecule has 1 atom stereocenters. The highest BCUT2D eigenvalue weighted by molar-refractivity contribution is 6.06. The number of halogens is 1. The van der Waals surface area contributed by atoms with Crippen LogP contribution in [-0.4, -0.2) is 29.9 Å². The highest BCUT2D eigenvalue weighted by Gasteiger charge is 2.28. The number of carbonyl (C=O) groups excluding carboxylic acids is 2. The first kappa shape index (κ1) is 21.4. The second-order valence-corrected chi connectivity index (χ2v) is 7.52. The maximum absolute atomic E-state index is 14.2. The highest BCUT2D eigenvalue weighted by Crippen LogP contribution is 2.30. The molecule has 7 heteroatoms. The van der Waals surface area contributed by atoms with E-state index in [2.05, 4.69) is 5.32 Å². The Hall–Kier alpha value is -3.87. The predicted molar refractivity (Wildman–Crippen MR) is 118 cm³/mol. The zero-order chi connectivity index (χ0) is 22.7. The Balaban J connectivity index is 1.59. The minimum absolute atomic E-state index is 0.121. The fraction of sp³-hybridized carbons (Fsp3) is 0.200. The quantitative estimate of drug-likeness (QED) is 0.647. The Morgan fingerprint density at radius 2 is 1.91 bits per heavy atom. The predicted octanol–water partition coefficient (Wildman–Crippen LogP) is 4.40. The summed E-state index contributed by atoms with van der Waals surface area (Å²) in [6.45, 7) is 2.02.